The van der Waals surface area contributed by atoms with E-state index in [2.05, 4.69) is 85.8 Å². The number of anilines is 1. The molecular formula is C28H44N4O2. The summed E-state index contributed by atoms with van der Waals surface area (Å²) < 4.78 is 0. The third-order valence-corrected chi connectivity index (χ3v) is 7.86. The summed E-state index contributed by atoms with van der Waals surface area (Å²) in [6.07, 6.45) is 2.47. The summed E-state index contributed by atoms with van der Waals surface area (Å²) in [6, 6.07) is 13.5. The van der Waals surface area contributed by atoms with E-state index in [4.69, 9.17) is 10.1 Å². The van der Waals surface area contributed by atoms with Crippen molar-refractivity contribution in [1.82, 2.24) is 14.8 Å². The third kappa shape index (κ3) is 5.80. The van der Waals surface area contributed by atoms with Gasteiger partial charge in [0.2, 0.25) is 0 Å². The number of rotatable bonds is 7. The molecule has 188 valence electrons. The van der Waals surface area contributed by atoms with Crippen LogP contribution in [0, 0.1) is 0 Å². The molecule has 3 N–H and O–H groups in total. The van der Waals surface area contributed by atoms with Crippen molar-refractivity contribution in [3.63, 3.8) is 0 Å². The van der Waals surface area contributed by atoms with Crippen molar-refractivity contribution < 1.29 is 10.6 Å². The van der Waals surface area contributed by atoms with Crippen LogP contribution in [0.1, 0.15) is 51.7 Å². The van der Waals surface area contributed by atoms with Gasteiger partial charge in [-0.2, -0.15) is 0 Å². The molecule has 6 heteroatoms. The van der Waals surface area contributed by atoms with Crippen LogP contribution in [0.4, 0.5) is 5.82 Å². The molecule has 0 spiro atoms. The van der Waals surface area contributed by atoms with Crippen molar-refractivity contribution in [3.8, 4) is 11.3 Å². The first-order valence-electron chi connectivity index (χ1n) is 12.6. The first-order valence-corrected chi connectivity index (χ1v) is 12.6. The molecule has 34 heavy (non-hydrogen) atoms. The maximum atomic E-state index is 9.08. The maximum Gasteiger partial charge on any atom is 0.129 e. The Bertz CT molecular complexity index is 951. The molecule has 1 saturated heterocycles. The van der Waals surface area contributed by atoms with Crippen LogP contribution in [0.5, 0.6) is 0 Å². The lowest BCUT2D eigenvalue weighted by molar-refractivity contribution is 0.186. The Balaban J connectivity index is 0.00000324. The molecule has 0 radical (unpaired) electrons. The van der Waals surface area contributed by atoms with Crippen molar-refractivity contribution in [2.75, 3.05) is 64.4 Å². The fraction of sp³-hybridized carbons (Fsp3) is 0.607. The van der Waals surface area contributed by atoms with Crippen LogP contribution >= 0.6 is 0 Å². The zero-order valence-corrected chi connectivity index (χ0v) is 21.8. The Morgan fingerprint density at radius 3 is 2.26 bits per heavy atom. The monoisotopic (exact) mass is 468 g/mol. The van der Waals surface area contributed by atoms with Crippen molar-refractivity contribution >= 4 is 5.82 Å². The minimum absolute atomic E-state index is 0. The number of likely N-dealkylation sites (N-methyl/N-ethyl adjacent to an activating group) is 1. The predicted molar refractivity (Wildman–Crippen MR) is 142 cm³/mol. The van der Waals surface area contributed by atoms with Crippen LogP contribution in [-0.4, -0.2) is 84.8 Å². The van der Waals surface area contributed by atoms with E-state index in [9.17, 15) is 0 Å². The average Bonchev–Trinajstić information content (AvgIpc) is 2.81. The summed E-state index contributed by atoms with van der Waals surface area (Å²) in [7, 11) is 2.07. The van der Waals surface area contributed by atoms with Crippen molar-refractivity contribution in [3.05, 3.63) is 47.5 Å². The summed E-state index contributed by atoms with van der Waals surface area (Å²) in [6.45, 7) is 16.7. The lowest BCUT2D eigenvalue weighted by atomic mass is 9.63. The van der Waals surface area contributed by atoms with Crippen molar-refractivity contribution in [1.29, 1.82) is 0 Å². The molecule has 0 unspecified atom stereocenters. The van der Waals surface area contributed by atoms with Gasteiger partial charge >= 0.3 is 0 Å². The van der Waals surface area contributed by atoms with Gasteiger partial charge in [0.05, 0.1) is 12.3 Å². The normalized spacial score (nSPS) is 19.6. The summed E-state index contributed by atoms with van der Waals surface area (Å²) in [5, 5.41) is 9.08. The van der Waals surface area contributed by atoms with E-state index in [0.717, 1.165) is 57.3 Å². The van der Waals surface area contributed by atoms with E-state index >= 15 is 0 Å². The zero-order chi connectivity index (χ0) is 23.6. The Morgan fingerprint density at radius 1 is 0.912 bits per heavy atom. The lowest BCUT2D eigenvalue weighted by Crippen LogP contribution is -2.48. The Kier molecular flexibility index (Phi) is 8.40. The molecule has 1 aliphatic heterocycles. The van der Waals surface area contributed by atoms with Crippen LogP contribution in [-0.2, 0) is 10.8 Å². The number of aliphatic hydroxyl groups excluding tert-OH is 1. The molecule has 1 aromatic carbocycles. The first kappa shape index (κ1) is 26.6. The number of hydrogen-bond donors (Lipinski definition) is 1. The van der Waals surface area contributed by atoms with Gasteiger partial charge < -0.3 is 20.4 Å². The van der Waals surface area contributed by atoms with Crippen LogP contribution in [0.3, 0.4) is 0 Å². The van der Waals surface area contributed by atoms with E-state index in [-0.39, 0.29) is 22.9 Å². The molecule has 0 saturated carbocycles. The Hall–Kier alpha value is -1.99. The first-order chi connectivity index (χ1) is 15.7. The SMILES string of the molecule is CN(CCO)CCN1CCN(c2cccc(-c3ccc4c(c3)C(C)(C)CCC4(C)C)n2)CC1.O. The van der Waals surface area contributed by atoms with Gasteiger partial charge in [0.15, 0.2) is 0 Å². The topological polar surface area (TPSA) is 74.3 Å². The second-order valence-electron chi connectivity index (χ2n) is 11.3. The highest BCUT2D eigenvalue weighted by molar-refractivity contribution is 5.65. The zero-order valence-electron chi connectivity index (χ0n) is 21.8. The fourth-order valence-electron chi connectivity index (χ4n) is 5.30. The van der Waals surface area contributed by atoms with E-state index in [1.54, 1.807) is 0 Å². The highest BCUT2D eigenvalue weighted by Crippen LogP contribution is 2.46. The van der Waals surface area contributed by atoms with Gasteiger partial charge in [-0.1, -0.05) is 45.9 Å². The number of aromatic nitrogens is 1. The summed E-state index contributed by atoms with van der Waals surface area (Å²) in [4.78, 5) is 12.2. The van der Waals surface area contributed by atoms with Gasteiger partial charge in [-0.05, 0) is 60.0 Å². The van der Waals surface area contributed by atoms with Gasteiger partial charge in [-0.15, -0.1) is 0 Å². The van der Waals surface area contributed by atoms with Crippen molar-refractivity contribution in [2.45, 2.75) is 51.4 Å². The van der Waals surface area contributed by atoms with Gasteiger partial charge in [0, 0.05) is 51.4 Å². The van der Waals surface area contributed by atoms with Gasteiger partial charge in [-0.3, -0.25) is 4.90 Å². The van der Waals surface area contributed by atoms with Crippen molar-refractivity contribution in [2.24, 2.45) is 0 Å². The molecule has 0 amide bonds. The van der Waals surface area contributed by atoms with Gasteiger partial charge in [0.1, 0.15) is 5.82 Å². The smallest absolute Gasteiger partial charge is 0.129 e. The van der Waals surface area contributed by atoms with E-state index in [1.807, 2.05) is 0 Å². The fourth-order valence-corrected chi connectivity index (χ4v) is 5.30. The van der Waals surface area contributed by atoms with E-state index in [1.165, 1.54) is 29.5 Å². The third-order valence-electron chi connectivity index (χ3n) is 7.86. The molecular weight excluding hydrogens is 424 g/mol. The van der Waals surface area contributed by atoms with Gasteiger partial charge in [0.25, 0.3) is 0 Å². The molecule has 1 aliphatic carbocycles. The second kappa shape index (κ2) is 10.7. The highest BCUT2D eigenvalue weighted by atomic mass is 16.3. The quantitative estimate of drug-likeness (QED) is 0.675. The molecule has 0 bridgehead atoms. The molecule has 2 aromatic rings. The maximum absolute atomic E-state index is 9.08. The summed E-state index contributed by atoms with van der Waals surface area (Å²) in [5.74, 6) is 1.09. The lowest BCUT2D eigenvalue weighted by Gasteiger charge is -2.42. The molecule has 1 fully saturated rings. The second-order valence-corrected chi connectivity index (χ2v) is 11.3. The van der Waals surface area contributed by atoms with E-state index in [0.29, 0.717) is 0 Å². The number of aliphatic hydroxyl groups is 1. The molecule has 4 rings (SSSR count). The standard InChI is InChI=1S/C28H42N4O.H2O/c1-27(2)11-12-28(3,4)24-21-22(9-10-23(24)27)25-7-6-8-26(29-25)32-17-15-31(16-18-32)14-13-30(5)19-20-33;/h6-10,21,33H,11-20H2,1-5H3;1H2. The molecule has 6 nitrogen and oxygen atoms in total. The minimum atomic E-state index is 0. The van der Waals surface area contributed by atoms with Crippen LogP contribution < -0.4 is 4.90 Å². The number of benzene rings is 1. The predicted octanol–water partition coefficient (Wildman–Crippen LogP) is 3.32. The van der Waals surface area contributed by atoms with E-state index < -0.39 is 0 Å². The molecule has 0 atom stereocenters. The molecule has 2 heterocycles. The summed E-state index contributed by atoms with van der Waals surface area (Å²) in [5.41, 5.74) is 5.74. The Morgan fingerprint density at radius 2 is 1.59 bits per heavy atom. The summed E-state index contributed by atoms with van der Waals surface area (Å²) >= 11 is 0. The highest BCUT2D eigenvalue weighted by Gasteiger charge is 2.37. The largest absolute Gasteiger partial charge is 0.412 e. The molecule has 1 aromatic heterocycles. The number of pyridine rings is 1. The number of piperazine rings is 1. The minimum Gasteiger partial charge on any atom is -0.412 e. The molecule has 2 aliphatic rings. The number of hydrogen-bond acceptors (Lipinski definition) is 5. The van der Waals surface area contributed by atoms with Crippen LogP contribution in [0.15, 0.2) is 36.4 Å². The number of nitrogens with zero attached hydrogens (tertiary/aromatic N) is 4. The Labute approximate surface area is 205 Å². The van der Waals surface area contributed by atoms with Gasteiger partial charge in [-0.25, -0.2) is 4.98 Å². The average molecular weight is 469 g/mol. The van der Waals surface area contributed by atoms with Crippen LogP contribution in [0.2, 0.25) is 0 Å². The number of fused-ring (bicyclic) bond motifs is 1. The van der Waals surface area contributed by atoms with Crippen LogP contribution in [0.25, 0.3) is 11.3 Å².